The van der Waals surface area contributed by atoms with E-state index in [1.807, 2.05) is 6.92 Å². The molecule has 19 heavy (non-hydrogen) atoms. The predicted molar refractivity (Wildman–Crippen MR) is 81.0 cm³/mol. The molecule has 2 saturated carbocycles. The van der Waals surface area contributed by atoms with Crippen molar-refractivity contribution >= 4 is 0 Å². The number of alkyl halides is 1. The quantitative estimate of drug-likeness (QED) is 0.561. The van der Waals surface area contributed by atoms with Gasteiger partial charge in [0.05, 0.1) is 0 Å². The molecule has 0 heterocycles. The van der Waals surface area contributed by atoms with E-state index >= 15 is 0 Å². The highest BCUT2D eigenvalue weighted by Crippen LogP contribution is 2.43. The van der Waals surface area contributed by atoms with Crippen molar-refractivity contribution in [3.63, 3.8) is 0 Å². The Balaban J connectivity index is 1.71. The van der Waals surface area contributed by atoms with Gasteiger partial charge in [0.15, 0.2) is 0 Å². The number of rotatable bonds is 5. The fourth-order valence-electron chi connectivity index (χ4n) is 4.67. The largest absolute Gasteiger partial charge is 0.247 e. The number of halogens is 1. The zero-order valence-corrected chi connectivity index (χ0v) is 13.0. The molecule has 1 heteroatoms. The molecule has 2 fully saturated rings. The van der Waals surface area contributed by atoms with Gasteiger partial charge in [0.25, 0.3) is 0 Å². The molecule has 112 valence electrons. The molecule has 0 nitrogen and oxygen atoms in total. The summed E-state index contributed by atoms with van der Waals surface area (Å²) < 4.78 is 13.7. The van der Waals surface area contributed by atoms with Gasteiger partial charge in [0, 0.05) is 0 Å². The fraction of sp³-hybridized carbons (Fsp3) is 1.00. The Morgan fingerprint density at radius 1 is 0.842 bits per heavy atom. The summed E-state index contributed by atoms with van der Waals surface area (Å²) in [6.07, 6.45) is 13.8. The van der Waals surface area contributed by atoms with E-state index in [2.05, 4.69) is 6.92 Å². The Hall–Kier alpha value is -0.0700. The molecule has 2 aliphatic rings. The van der Waals surface area contributed by atoms with Crippen LogP contribution in [0.2, 0.25) is 0 Å². The minimum Gasteiger partial charge on any atom is -0.247 e. The van der Waals surface area contributed by atoms with E-state index in [-0.39, 0.29) is 0 Å². The smallest absolute Gasteiger partial charge is 0.103 e. The lowest BCUT2D eigenvalue weighted by atomic mass is 9.68. The van der Waals surface area contributed by atoms with Gasteiger partial charge in [-0.2, -0.15) is 0 Å². The first kappa shape index (κ1) is 15.3. The lowest BCUT2D eigenvalue weighted by molar-refractivity contribution is 0.105. The van der Waals surface area contributed by atoms with Crippen molar-refractivity contribution in [3.05, 3.63) is 0 Å². The van der Waals surface area contributed by atoms with Gasteiger partial charge in [0.1, 0.15) is 6.17 Å². The molecule has 0 aromatic carbocycles. The molecule has 0 saturated heterocycles. The molecule has 1 atom stereocenters. The average Bonchev–Trinajstić information content (AvgIpc) is 2.48. The van der Waals surface area contributed by atoms with E-state index < -0.39 is 6.17 Å². The second-order valence-corrected chi connectivity index (χ2v) is 7.17. The van der Waals surface area contributed by atoms with Crippen LogP contribution in [0.15, 0.2) is 0 Å². The Labute approximate surface area is 119 Å². The van der Waals surface area contributed by atoms with Crippen LogP contribution in [0.3, 0.4) is 0 Å². The van der Waals surface area contributed by atoms with E-state index in [0.717, 1.165) is 37.0 Å². The van der Waals surface area contributed by atoms with Crippen molar-refractivity contribution in [2.24, 2.45) is 23.7 Å². The minimum absolute atomic E-state index is 0.387. The topological polar surface area (TPSA) is 0 Å². The van der Waals surface area contributed by atoms with E-state index in [1.54, 1.807) is 0 Å². The summed E-state index contributed by atoms with van der Waals surface area (Å²) in [4.78, 5) is 0. The Morgan fingerprint density at radius 2 is 1.37 bits per heavy atom. The molecule has 2 aliphatic carbocycles. The highest BCUT2D eigenvalue weighted by Gasteiger charge is 2.32. The summed E-state index contributed by atoms with van der Waals surface area (Å²) >= 11 is 0. The molecule has 0 spiro atoms. The zero-order valence-electron chi connectivity index (χ0n) is 13.0. The second-order valence-electron chi connectivity index (χ2n) is 7.17. The molecule has 2 rings (SSSR count). The van der Waals surface area contributed by atoms with Crippen molar-refractivity contribution in [1.82, 2.24) is 0 Å². The lowest BCUT2D eigenvalue weighted by Gasteiger charge is -2.38. The normalized spacial score (nSPS) is 38.1. The molecule has 0 aromatic rings. The van der Waals surface area contributed by atoms with E-state index in [0.29, 0.717) is 5.92 Å². The molecule has 0 radical (unpaired) electrons. The summed E-state index contributed by atoms with van der Waals surface area (Å²) in [6, 6.07) is 0. The molecule has 0 N–H and O–H groups in total. The van der Waals surface area contributed by atoms with Crippen molar-refractivity contribution in [2.75, 3.05) is 0 Å². The molecule has 0 amide bonds. The van der Waals surface area contributed by atoms with Crippen LogP contribution in [0.5, 0.6) is 0 Å². The van der Waals surface area contributed by atoms with Crippen LogP contribution in [0.4, 0.5) is 4.39 Å². The third-order valence-corrected chi connectivity index (χ3v) is 5.97. The number of hydrogen-bond acceptors (Lipinski definition) is 0. The summed E-state index contributed by atoms with van der Waals surface area (Å²) in [5.74, 6) is 3.32. The van der Waals surface area contributed by atoms with Gasteiger partial charge in [-0.25, -0.2) is 4.39 Å². The van der Waals surface area contributed by atoms with Crippen molar-refractivity contribution in [2.45, 2.75) is 90.6 Å². The summed E-state index contributed by atoms with van der Waals surface area (Å²) in [6.45, 7) is 4.31. The van der Waals surface area contributed by atoms with E-state index in [4.69, 9.17) is 0 Å². The van der Waals surface area contributed by atoms with Gasteiger partial charge in [-0.15, -0.1) is 0 Å². The number of hydrogen-bond donors (Lipinski definition) is 0. The molecule has 1 unspecified atom stereocenters. The van der Waals surface area contributed by atoms with Gasteiger partial charge in [-0.05, 0) is 68.6 Å². The van der Waals surface area contributed by atoms with Crippen LogP contribution in [-0.4, -0.2) is 6.17 Å². The standard InChI is InChI=1S/C18H33F/c1-3-5-14-6-8-15(9-7-14)16-10-12-17(13-11-16)18(19)4-2/h14-18H,3-13H2,1-2H3. The maximum Gasteiger partial charge on any atom is 0.103 e. The monoisotopic (exact) mass is 268 g/mol. The first-order valence-corrected chi connectivity index (χ1v) is 8.88. The third kappa shape index (κ3) is 4.20. The van der Waals surface area contributed by atoms with Gasteiger partial charge >= 0.3 is 0 Å². The second kappa shape index (κ2) is 7.64. The van der Waals surface area contributed by atoms with E-state index in [1.165, 1.54) is 51.4 Å². The average molecular weight is 268 g/mol. The van der Waals surface area contributed by atoms with Crippen LogP contribution in [0, 0.1) is 23.7 Å². The highest BCUT2D eigenvalue weighted by atomic mass is 19.1. The maximum absolute atomic E-state index is 13.7. The van der Waals surface area contributed by atoms with Crippen LogP contribution in [0.1, 0.15) is 84.5 Å². The van der Waals surface area contributed by atoms with Gasteiger partial charge in [-0.3, -0.25) is 0 Å². The van der Waals surface area contributed by atoms with Gasteiger partial charge in [0.2, 0.25) is 0 Å². The minimum atomic E-state index is -0.527. The van der Waals surface area contributed by atoms with Gasteiger partial charge in [-0.1, -0.05) is 39.5 Å². The fourth-order valence-corrected chi connectivity index (χ4v) is 4.67. The Kier molecular flexibility index (Phi) is 6.16. The molecule has 0 bridgehead atoms. The first-order chi connectivity index (χ1) is 9.24. The van der Waals surface area contributed by atoms with E-state index in [9.17, 15) is 4.39 Å². The first-order valence-electron chi connectivity index (χ1n) is 8.88. The lowest BCUT2D eigenvalue weighted by Crippen LogP contribution is -2.28. The zero-order chi connectivity index (χ0) is 13.7. The molecular weight excluding hydrogens is 235 g/mol. The molecule has 0 aromatic heterocycles. The van der Waals surface area contributed by atoms with Crippen LogP contribution in [-0.2, 0) is 0 Å². The summed E-state index contributed by atoms with van der Waals surface area (Å²) in [5.41, 5.74) is 0. The Morgan fingerprint density at radius 3 is 1.84 bits per heavy atom. The summed E-state index contributed by atoms with van der Waals surface area (Å²) in [7, 11) is 0. The van der Waals surface area contributed by atoms with Crippen LogP contribution in [0.25, 0.3) is 0 Å². The SMILES string of the molecule is CCCC1CCC(C2CCC(C(F)CC)CC2)CC1. The van der Waals surface area contributed by atoms with Crippen molar-refractivity contribution in [1.29, 1.82) is 0 Å². The molecule has 0 aliphatic heterocycles. The van der Waals surface area contributed by atoms with Gasteiger partial charge < -0.3 is 0 Å². The Bertz CT molecular complexity index is 234. The summed E-state index contributed by atoms with van der Waals surface area (Å²) in [5, 5.41) is 0. The highest BCUT2D eigenvalue weighted by molar-refractivity contribution is 4.83. The predicted octanol–water partition coefficient (Wildman–Crippen LogP) is 6.15. The van der Waals surface area contributed by atoms with Crippen LogP contribution < -0.4 is 0 Å². The third-order valence-electron chi connectivity index (χ3n) is 5.97. The van der Waals surface area contributed by atoms with Crippen molar-refractivity contribution < 1.29 is 4.39 Å². The van der Waals surface area contributed by atoms with Crippen LogP contribution >= 0.6 is 0 Å². The molecular formula is C18H33F. The van der Waals surface area contributed by atoms with Crippen molar-refractivity contribution in [3.8, 4) is 0 Å². The maximum atomic E-state index is 13.7.